The SMILES string of the molecule is Cc1nc(C2CCCN(C(=O)CC3=CC(C)(C)NC(C)(C)C3)C2)nc2c1CC(=O)N2C. The Morgan fingerprint density at radius 3 is 2.71 bits per heavy atom. The fraction of sp³-hybridized carbons (Fsp3) is 0.667. The highest BCUT2D eigenvalue weighted by atomic mass is 16.2. The minimum atomic E-state index is -0.110. The Labute approximate surface area is 185 Å². The molecule has 4 heterocycles. The lowest BCUT2D eigenvalue weighted by Crippen LogP contribution is -2.54. The molecule has 2 amide bonds. The molecule has 7 heteroatoms. The van der Waals surface area contributed by atoms with Gasteiger partial charge in [0.05, 0.1) is 6.42 Å². The summed E-state index contributed by atoms with van der Waals surface area (Å²) in [6, 6.07) is 0. The zero-order valence-corrected chi connectivity index (χ0v) is 19.7. The summed E-state index contributed by atoms with van der Waals surface area (Å²) in [5.41, 5.74) is 2.90. The van der Waals surface area contributed by atoms with Gasteiger partial charge in [-0.1, -0.05) is 11.6 Å². The number of likely N-dealkylation sites (N-methyl/N-ethyl adjacent to an activating group) is 1. The molecule has 0 saturated carbocycles. The molecule has 1 aromatic rings. The fourth-order valence-electron chi connectivity index (χ4n) is 5.57. The monoisotopic (exact) mass is 425 g/mol. The van der Waals surface area contributed by atoms with E-state index < -0.39 is 0 Å². The summed E-state index contributed by atoms with van der Waals surface area (Å²) >= 11 is 0. The van der Waals surface area contributed by atoms with Crippen molar-refractivity contribution in [1.29, 1.82) is 0 Å². The third-order valence-corrected chi connectivity index (χ3v) is 6.64. The Hall–Kier alpha value is -2.28. The molecule has 1 fully saturated rings. The Morgan fingerprint density at radius 2 is 2.00 bits per heavy atom. The van der Waals surface area contributed by atoms with Crippen LogP contribution in [0.4, 0.5) is 5.82 Å². The van der Waals surface area contributed by atoms with Crippen LogP contribution in [0.15, 0.2) is 11.6 Å². The largest absolute Gasteiger partial charge is 0.342 e. The molecular formula is C24H35N5O2. The number of nitrogens with zero attached hydrogens (tertiary/aromatic N) is 4. The molecule has 1 saturated heterocycles. The van der Waals surface area contributed by atoms with Crippen molar-refractivity contribution in [2.45, 2.75) is 83.7 Å². The number of hydrogen-bond donors (Lipinski definition) is 1. The van der Waals surface area contributed by atoms with Crippen molar-refractivity contribution < 1.29 is 9.59 Å². The molecule has 4 rings (SSSR count). The van der Waals surface area contributed by atoms with Gasteiger partial charge in [0.2, 0.25) is 11.8 Å². The van der Waals surface area contributed by atoms with Crippen molar-refractivity contribution in [1.82, 2.24) is 20.2 Å². The molecule has 1 N–H and O–H groups in total. The van der Waals surface area contributed by atoms with Crippen molar-refractivity contribution in [3.8, 4) is 0 Å². The van der Waals surface area contributed by atoms with Crippen LogP contribution in [0.5, 0.6) is 0 Å². The second-order valence-corrected chi connectivity index (χ2v) is 10.7. The van der Waals surface area contributed by atoms with E-state index in [2.05, 4.69) is 39.1 Å². The number of anilines is 1. The quantitative estimate of drug-likeness (QED) is 0.754. The number of fused-ring (bicyclic) bond motifs is 1. The molecular weight excluding hydrogens is 390 g/mol. The van der Waals surface area contributed by atoms with Crippen molar-refractivity contribution in [2.75, 3.05) is 25.0 Å². The minimum absolute atomic E-state index is 0.0163. The van der Waals surface area contributed by atoms with Gasteiger partial charge >= 0.3 is 0 Å². The van der Waals surface area contributed by atoms with E-state index in [0.29, 0.717) is 19.4 Å². The number of carbonyl (C=O) groups excluding carboxylic acids is 2. The number of likely N-dealkylation sites (tertiary alicyclic amines) is 1. The van der Waals surface area contributed by atoms with E-state index >= 15 is 0 Å². The molecule has 0 aliphatic carbocycles. The van der Waals surface area contributed by atoms with Gasteiger partial charge in [0.1, 0.15) is 11.6 Å². The molecule has 168 valence electrons. The van der Waals surface area contributed by atoms with E-state index in [9.17, 15) is 9.59 Å². The first-order chi connectivity index (χ1) is 14.4. The molecule has 3 aliphatic rings. The van der Waals surface area contributed by atoms with Crippen molar-refractivity contribution in [3.05, 3.63) is 28.7 Å². The molecule has 1 atom stereocenters. The lowest BCUT2D eigenvalue weighted by atomic mass is 9.82. The minimum Gasteiger partial charge on any atom is -0.342 e. The van der Waals surface area contributed by atoms with Crippen LogP contribution in [0.1, 0.15) is 76.4 Å². The molecule has 0 spiro atoms. The highest BCUT2D eigenvalue weighted by Gasteiger charge is 2.35. The first kappa shape index (κ1) is 21.9. The van der Waals surface area contributed by atoms with Crippen LogP contribution < -0.4 is 10.2 Å². The molecule has 7 nitrogen and oxygen atoms in total. The highest BCUT2D eigenvalue weighted by molar-refractivity contribution is 5.99. The number of rotatable bonds is 3. The maximum absolute atomic E-state index is 13.2. The molecule has 0 radical (unpaired) electrons. The molecule has 31 heavy (non-hydrogen) atoms. The maximum atomic E-state index is 13.2. The average molecular weight is 426 g/mol. The molecule has 0 aromatic carbocycles. The predicted molar refractivity (Wildman–Crippen MR) is 121 cm³/mol. The lowest BCUT2D eigenvalue weighted by Gasteiger charge is -2.41. The van der Waals surface area contributed by atoms with Crippen LogP contribution in [0.3, 0.4) is 0 Å². The summed E-state index contributed by atoms with van der Waals surface area (Å²) in [5, 5.41) is 3.63. The van der Waals surface area contributed by atoms with Crippen molar-refractivity contribution >= 4 is 17.6 Å². The van der Waals surface area contributed by atoms with E-state index in [4.69, 9.17) is 9.97 Å². The molecule has 0 bridgehead atoms. The second kappa shape index (κ2) is 7.69. The van der Waals surface area contributed by atoms with Gasteiger partial charge in [-0.15, -0.1) is 0 Å². The van der Waals surface area contributed by atoms with E-state index in [0.717, 1.165) is 48.7 Å². The Bertz CT molecular complexity index is 950. The third kappa shape index (κ3) is 4.52. The summed E-state index contributed by atoms with van der Waals surface area (Å²) in [5.74, 6) is 1.86. The van der Waals surface area contributed by atoms with Gasteiger partial charge in [0.25, 0.3) is 0 Å². The molecule has 1 unspecified atom stereocenters. The van der Waals surface area contributed by atoms with Crippen LogP contribution in [-0.4, -0.2) is 57.9 Å². The van der Waals surface area contributed by atoms with E-state index in [1.807, 2.05) is 11.8 Å². The second-order valence-electron chi connectivity index (χ2n) is 10.7. The Balaban J connectivity index is 1.48. The van der Waals surface area contributed by atoms with Gasteiger partial charge in [0, 0.05) is 54.8 Å². The van der Waals surface area contributed by atoms with Gasteiger partial charge in [-0.2, -0.15) is 0 Å². The number of amides is 2. The van der Waals surface area contributed by atoms with Gasteiger partial charge in [-0.05, 0) is 53.9 Å². The topological polar surface area (TPSA) is 78.4 Å². The third-order valence-electron chi connectivity index (χ3n) is 6.64. The lowest BCUT2D eigenvalue weighted by molar-refractivity contribution is -0.131. The van der Waals surface area contributed by atoms with E-state index in [-0.39, 0.29) is 28.8 Å². The van der Waals surface area contributed by atoms with Gasteiger partial charge < -0.3 is 10.2 Å². The van der Waals surface area contributed by atoms with E-state index in [1.165, 1.54) is 5.57 Å². The fourth-order valence-corrected chi connectivity index (χ4v) is 5.57. The Morgan fingerprint density at radius 1 is 1.26 bits per heavy atom. The zero-order valence-electron chi connectivity index (χ0n) is 19.7. The number of aromatic nitrogens is 2. The first-order valence-corrected chi connectivity index (χ1v) is 11.4. The van der Waals surface area contributed by atoms with Crippen LogP contribution in [0, 0.1) is 6.92 Å². The van der Waals surface area contributed by atoms with Gasteiger partial charge in [0.15, 0.2) is 0 Å². The number of nitrogens with one attached hydrogen (secondary N) is 1. The number of hydrogen-bond acceptors (Lipinski definition) is 5. The number of piperidine rings is 1. The van der Waals surface area contributed by atoms with Crippen LogP contribution in [0.2, 0.25) is 0 Å². The van der Waals surface area contributed by atoms with Gasteiger partial charge in [-0.25, -0.2) is 9.97 Å². The number of aryl methyl sites for hydroxylation is 1. The normalized spacial score (nSPS) is 24.8. The van der Waals surface area contributed by atoms with Gasteiger partial charge in [-0.3, -0.25) is 14.5 Å². The summed E-state index contributed by atoms with van der Waals surface area (Å²) in [4.78, 5) is 38.4. The van der Waals surface area contributed by atoms with Crippen LogP contribution in [-0.2, 0) is 16.0 Å². The zero-order chi connectivity index (χ0) is 22.6. The molecule has 1 aromatic heterocycles. The summed E-state index contributed by atoms with van der Waals surface area (Å²) in [7, 11) is 1.77. The standard InChI is InChI=1S/C24H35N5O2/c1-15-18-11-19(30)28(6)22(18)26-21(25-15)17-8-7-9-29(14-17)20(31)10-16-12-23(2,3)27-24(4,5)13-16/h12,17,27H,7-11,13-14H2,1-6H3. The predicted octanol–water partition coefficient (Wildman–Crippen LogP) is 2.88. The highest BCUT2D eigenvalue weighted by Crippen LogP contribution is 2.33. The average Bonchev–Trinajstić information content (AvgIpc) is 2.94. The van der Waals surface area contributed by atoms with Crippen LogP contribution in [0.25, 0.3) is 0 Å². The molecule has 3 aliphatic heterocycles. The Kier molecular flexibility index (Phi) is 5.44. The maximum Gasteiger partial charge on any atom is 0.232 e. The van der Waals surface area contributed by atoms with Crippen molar-refractivity contribution in [2.24, 2.45) is 0 Å². The van der Waals surface area contributed by atoms with E-state index in [1.54, 1.807) is 11.9 Å². The summed E-state index contributed by atoms with van der Waals surface area (Å²) in [6.45, 7) is 12.1. The smallest absolute Gasteiger partial charge is 0.232 e. The summed E-state index contributed by atoms with van der Waals surface area (Å²) in [6.07, 6.45) is 5.87. The van der Waals surface area contributed by atoms with Crippen LogP contribution >= 0.6 is 0 Å². The summed E-state index contributed by atoms with van der Waals surface area (Å²) < 4.78 is 0. The first-order valence-electron chi connectivity index (χ1n) is 11.4. The van der Waals surface area contributed by atoms with Crippen molar-refractivity contribution in [3.63, 3.8) is 0 Å². The number of carbonyl (C=O) groups is 2.